The number of alkyl halides is 3. The summed E-state index contributed by atoms with van der Waals surface area (Å²) in [5.74, 6) is -1.62. The molecule has 0 aromatic carbocycles. The number of aromatic nitrogens is 2. The molecular weight excluding hydrogens is 195 g/mol. The third-order valence-corrected chi connectivity index (χ3v) is 2.07. The van der Waals surface area contributed by atoms with Gasteiger partial charge in [-0.2, -0.15) is 13.2 Å². The van der Waals surface area contributed by atoms with Crippen molar-refractivity contribution in [2.75, 3.05) is 6.54 Å². The lowest BCUT2D eigenvalue weighted by Crippen LogP contribution is -2.29. The van der Waals surface area contributed by atoms with E-state index in [4.69, 9.17) is 5.73 Å². The summed E-state index contributed by atoms with van der Waals surface area (Å²) in [4.78, 5) is 3.68. The molecule has 0 spiro atoms. The van der Waals surface area contributed by atoms with Crippen molar-refractivity contribution >= 4 is 0 Å². The summed E-state index contributed by atoms with van der Waals surface area (Å²) in [6, 6.07) is 0. The number of rotatable bonds is 3. The third kappa shape index (κ3) is 2.06. The van der Waals surface area contributed by atoms with E-state index in [9.17, 15) is 13.2 Å². The fourth-order valence-corrected chi connectivity index (χ4v) is 1.31. The van der Waals surface area contributed by atoms with Crippen molar-refractivity contribution in [2.45, 2.75) is 25.6 Å². The van der Waals surface area contributed by atoms with E-state index in [1.54, 1.807) is 6.92 Å². The van der Waals surface area contributed by atoms with Gasteiger partial charge in [-0.15, -0.1) is 0 Å². The Morgan fingerprint density at radius 1 is 1.57 bits per heavy atom. The van der Waals surface area contributed by atoms with E-state index >= 15 is 0 Å². The van der Waals surface area contributed by atoms with Crippen molar-refractivity contribution in [3.8, 4) is 0 Å². The van der Waals surface area contributed by atoms with Crippen LogP contribution >= 0.6 is 0 Å². The second kappa shape index (κ2) is 4.00. The number of aryl methyl sites for hydroxylation is 1. The molecule has 80 valence electrons. The topological polar surface area (TPSA) is 43.8 Å². The summed E-state index contributed by atoms with van der Waals surface area (Å²) in [6.07, 6.45) is -1.71. The molecule has 1 aromatic rings. The molecule has 0 bridgehead atoms. The fraction of sp³-hybridized carbons (Fsp3) is 0.625. The van der Waals surface area contributed by atoms with Crippen LogP contribution in [0.15, 0.2) is 12.5 Å². The predicted octanol–water partition coefficient (Wildman–Crippen LogP) is 1.51. The molecule has 0 aliphatic carbocycles. The summed E-state index contributed by atoms with van der Waals surface area (Å²) in [5.41, 5.74) is 5.24. The zero-order chi connectivity index (χ0) is 10.8. The highest BCUT2D eigenvalue weighted by atomic mass is 19.4. The number of hydrogen-bond donors (Lipinski definition) is 1. The maximum absolute atomic E-state index is 12.5. The van der Waals surface area contributed by atoms with Crippen LogP contribution in [-0.2, 0) is 6.54 Å². The van der Waals surface area contributed by atoms with Gasteiger partial charge in [0.15, 0.2) is 0 Å². The Morgan fingerprint density at radius 3 is 2.64 bits per heavy atom. The van der Waals surface area contributed by atoms with Gasteiger partial charge in [0.1, 0.15) is 5.92 Å². The zero-order valence-electron chi connectivity index (χ0n) is 7.75. The Kier molecular flexibility index (Phi) is 3.15. The van der Waals surface area contributed by atoms with Crippen LogP contribution in [0.3, 0.4) is 0 Å². The van der Waals surface area contributed by atoms with Crippen LogP contribution < -0.4 is 5.73 Å². The first kappa shape index (κ1) is 11.0. The van der Waals surface area contributed by atoms with Crippen molar-refractivity contribution < 1.29 is 13.2 Å². The van der Waals surface area contributed by atoms with E-state index in [-0.39, 0.29) is 5.69 Å². The maximum Gasteiger partial charge on any atom is 0.398 e. The van der Waals surface area contributed by atoms with Crippen LogP contribution in [-0.4, -0.2) is 22.3 Å². The molecule has 14 heavy (non-hydrogen) atoms. The second-order valence-electron chi connectivity index (χ2n) is 2.93. The zero-order valence-corrected chi connectivity index (χ0v) is 7.75. The molecule has 0 aliphatic heterocycles. The molecule has 1 heterocycles. The van der Waals surface area contributed by atoms with Crippen molar-refractivity contribution in [1.29, 1.82) is 0 Å². The molecule has 0 aliphatic rings. The Hall–Kier alpha value is -1.04. The Morgan fingerprint density at radius 2 is 2.21 bits per heavy atom. The Labute approximate surface area is 79.7 Å². The number of hydrogen-bond acceptors (Lipinski definition) is 2. The van der Waals surface area contributed by atoms with Gasteiger partial charge in [0.05, 0.1) is 12.0 Å². The molecule has 2 N–H and O–H groups in total. The molecule has 1 aromatic heterocycles. The van der Waals surface area contributed by atoms with Gasteiger partial charge < -0.3 is 10.3 Å². The van der Waals surface area contributed by atoms with Crippen molar-refractivity contribution in [3.05, 3.63) is 18.2 Å². The smallest absolute Gasteiger partial charge is 0.334 e. The first-order valence-electron chi connectivity index (χ1n) is 4.27. The van der Waals surface area contributed by atoms with Crippen molar-refractivity contribution in [3.63, 3.8) is 0 Å². The van der Waals surface area contributed by atoms with Gasteiger partial charge in [-0.1, -0.05) is 0 Å². The standard InChI is InChI=1S/C8H12F3N3/c1-2-14-5-13-4-7(14)6(3-12)8(9,10)11/h4-6H,2-3,12H2,1H3. The van der Waals surface area contributed by atoms with Crippen LogP contribution in [0.25, 0.3) is 0 Å². The van der Waals surface area contributed by atoms with E-state index in [0.29, 0.717) is 6.54 Å². The fourth-order valence-electron chi connectivity index (χ4n) is 1.31. The second-order valence-corrected chi connectivity index (χ2v) is 2.93. The summed E-state index contributed by atoms with van der Waals surface area (Å²) in [5, 5.41) is 0. The highest BCUT2D eigenvalue weighted by molar-refractivity contribution is 5.09. The van der Waals surface area contributed by atoms with Gasteiger partial charge in [-0.25, -0.2) is 4.98 Å². The lowest BCUT2D eigenvalue weighted by Gasteiger charge is -2.19. The molecule has 6 heteroatoms. The van der Waals surface area contributed by atoms with E-state index in [1.807, 2.05) is 0 Å². The molecule has 3 nitrogen and oxygen atoms in total. The largest absolute Gasteiger partial charge is 0.398 e. The predicted molar refractivity (Wildman–Crippen MR) is 45.8 cm³/mol. The average Bonchev–Trinajstić information content (AvgIpc) is 2.51. The minimum atomic E-state index is -4.30. The molecule has 1 rings (SSSR count). The van der Waals surface area contributed by atoms with Gasteiger partial charge in [0.2, 0.25) is 0 Å². The van der Waals surface area contributed by atoms with E-state index in [1.165, 1.54) is 17.1 Å². The monoisotopic (exact) mass is 207 g/mol. The molecule has 0 amide bonds. The molecule has 0 saturated carbocycles. The number of imidazole rings is 1. The van der Waals surface area contributed by atoms with Gasteiger partial charge in [0, 0.05) is 19.3 Å². The number of nitrogens with zero attached hydrogens (tertiary/aromatic N) is 2. The first-order chi connectivity index (χ1) is 6.50. The normalized spacial score (nSPS) is 14.4. The minimum absolute atomic E-state index is 0.127. The average molecular weight is 207 g/mol. The highest BCUT2D eigenvalue weighted by Gasteiger charge is 2.41. The quantitative estimate of drug-likeness (QED) is 0.816. The molecule has 1 unspecified atom stereocenters. The van der Waals surface area contributed by atoms with E-state index in [2.05, 4.69) is 4.98 Å². The molecule has 0 fully saturated rings. The molecule has 0 radical (unpaired) electrons. The number of halogens is 3. The van der Waals surface area contributed by atoms with E-state index in [0.717, 1.165) is 0 Å². The summed E-state index contributed by atoms with van der Waals surface area (Å²) in [6.45, 7) is 1.77. The van der Waals surface area contributed by atoms with Crippen LogP contribution in [0.5, 0.6) is 0 Å². The molecule has 0 saturated heterocycles. The number of nitrogens with two attached hydrogens (primary N) is 1. The summed E-state index contributed by atoms with van der Waals surface area (Å²) >= 11 is 0. The Balaban J connectivity index is 3.01. The first-order valence-corrected chi connectivity index (χ1v) is 4.27. The van der Waals surface area contributed by atoms with Gasteiger partial charge in [-0.05, 0) is 6.92 Å². The van der Waals surface area contributed by atoms with Gasteiger partial charge >= 0.3 is 6.18 Å². The van der Waals surface area contributed by atoms with Crippen LogP contribution in [0, 0.1) is 0 Å². The Bertz CT molecular complexity index is 292. The van der Waals surface area contributed by atoms with Crippen LogP contribution in [0.2, 0.25) is 0 Å². The minimum Gasteiger partial charge on any atom is -0.334 e. The third-order valence-electron chi connectivity index (χ3n) is 2.07. The summed E-state index contributed by atoms with van der Waals surface area (Å²) < 4.78 is 38.9. The SMILES string of the molecule is CCn1cncc1C(CN)C(F)(F)F. The highest BCUT2D eigenvalue weighted by Crippen LogP contribution is 2.33. The van der Waals surface area contributed by atoms with E-state index < -0.39 is 18.6 Å². The van der Waals surface area contributed by atoms with Gasteiger partial charge in [0.25, 0.3) is 0 Å². The van der Waals surface area contributed by atoms with Crippen LogP contribution in [0.1, 0.15) is 18.5 Å². The van der Waals surface area contributed by atoms with Crippen LogP contribution in [0.4, 0.5) is 13.2 Å². The van der Waals surface area contributed by atoms with Gasteiger partial charge in [-0.3, -0.25) is 0 Å². The lowest BCUT2D eigenvalue weighted by molar-refractivity contribution is -0.149. The summed E-state index contributed by atoms with van der Waals surface area (Å²) in [7, 11) is 0. The molecule has 1 atom stereocenters. The molecular formula is C8H12F3N3. The lowest BCUT2D eigenvalue weighted by atomic mass is 10.1. The van der Waals surface area contributed by atoms with Crippen molar-refractivity contribution in [2.24, 2.45) is 5.73 Å². The van der Waals surface area contributed by atoms with Crippen molar-refractivity contribution in [1.82, 2.24) is 9.55 Å². The maximum atomic E-state index is 12.5.